The van der Waals surface area contributed by atoms with Gasteiger partial charge in [-0.2, -0.15) is 8.78 Å². The van der Waals surface area contributed by atoms with Gasteiger partial charge in [-0.1, -0.05) is 6.07 Å². The zero-order valence-corrected chi connectivity index (χ0v) is 14.8. The van der Waals surface area contributed by atoms with Crippen molar-refractivity contribution in [2.75, 3.05) is 13.7 Å². The van der Waals surface area contributed by atoms with Crippen molar-refractivity contribution < 1.29 is 27.4 Å². The Hall–Kier alpha value is -2.22. The number of amides is 1. The number of halogens is 4. The Balaban J connectivity index is 1.99. The third-order valence-electron chi connectivity index (χ3n) is 3.32. The Morgan fingerprint density at radius 1 is 1.20 bits per heavy atom. The zero-order chi connectivity index (χ0) is 18.4. The van der Waals surface area contributed by atoms with E-state index in [1.54, 1.807) is 6.07 Å². The first kappa shape index (κ1) is 19.1. The predicted molar refractivity (Wildman–Crippen MR) is 89.8 cm³/mol. The SMILES string of the molecule is COc1ccc(CCNC(=O)c2cc(F)ccc2Br)cc1OC(F)F. The third-order valence-corrected chi connectivity index (χ3v) is 4.01. The zero-order valence-electron chi connectivity index (χ0n) is 13.2. The molecule has 0 aromatic heterocycles. The number of nitrogens with one attached hydrogen (secondary N) is 1. The highest BCUT2D eigenvalue weighted by atomic mass is 79.9. The van der Waals surface area contributed by atoms with Gasteiger partial charge in [0.1, 0.15) is 5.82 Å². The van der Waals surface area contributed by atoms with E-state index in [4.69, 9.17) is 4.74 Å². The number of ether oxygens (including phenoxy) is 2. The normalized spacial score (nSPS) is 10.6. The van der Waals surface area contributed by atoms with Gasteiger partial charge in [0.2, 0.25) is 0 Å². The lowest BCUT2D eigenvalue weighted by molar-refractivity contribution is -0.0512. The minimum Gasteiger partial charge on any atom is -0.493 e. The average molecular weight is 418 g/mol. The molecule has 8 heteroatoms. The standard InChI is InChI=1S/C17H15BrF3NO3/c1-24-14-5-2-10(8-15(14)25-17(20)21)6-7-22-16(23)12-9-11(19)3-4-13(12)18/h2-5,8-9,17H,6-7H2,1H3,(H,22,23). The smallest absolute Gasteiger partial charge is 0.387 e. The Kier molecular flexibility index (Phi) is 6.69. The van der Waals surface area contributed by atoms with Gasteiger partial charge in [-0.05, 0) is 58.2 Å². The first-order valence-electron chi connectivity index (χ1n) is 7.25. The molecule has 0 spiro atoms. The summed E-state index contributed by atoms with van der Waals surface area (Å²) >= 11 is 3.19. The van der Waals surface area contributed by atoms with Crippen LogP contribution in [-0.4, -0.2) is 26.2 Å². The van der Waals surface area contributed by atoms with Crippen molar-refractivity contribution in [2.45, 2.75) is 13.0 Å². The van der Waals surface area contributed by atoms with Crippen molar-refractivity contribution in [1.82, 2.24) is 5.32 Å². The molecule has 0 aliphatic heterocycles. The molecule has 4 nitrogen and oxygen atoms in total. The molecule has 0 aliphatic carbocycles. The monoisotopic (exact) mass is 417 g/mol. The Morgan fingerprint density at radius 3 is 2.64 bits per heavy atom. The molecule has 0 saturated carbocycles. The summed E-state index contributed by atoms with van der Waals surface area (Å²) in [7, 11) is 1.35. The van der Waals surface area contributed by atoms with Gasteiger partial charge in [0.15, 0.2) is 11.5 Å². The van der Waals surface area contributed by atoms with Crippen LogP contribution in [0.3, 0.4) is 0 Å². The van der Waals surface area contributed by atoms with Gasteiger partial charge in [-0.3, -0.25) is 4.79 Å². The van der Waals surface area contributed by atoms with Gasteiger partial charge < -0.3 is 14.8 Å². The highest BCUT2D eigenvalue weighted by molar-refractivity contribution is 9.10. The second-order valence-electron chi connectivity index (χ2n) is 4.99. The maximum Gasteiger partial charge on any atom is 0.387 e. The van der Waals surface area contributed by atoms with Crippen molar-refractivity contribution in [2.24, 2.45) is 0 Å². The number of alkyl halides is 2. The van der Waals surface area contributed by atoms with E-state index in [1.165, 1.54) is 31.4 Å². The van der Waals surface area contributed by atoms with Crippen molar-refractivity contribution in [3.05, 3.63) is 57.8 Å². The topological polar surface area (TPSA) is 47.6 Å². The molecule has 0 heterocycles. The van der Waals surface area contributed by atoms with Gasteiger partial charge in [-0.25, -0.2) is 4.39 Å². The van der Waals surface area contributed by atoms with Gasteiger partial charge in [0.05, 0.1) is 12.7 Å². The summed E-state index contributed by atoms with van der Waals surface area (Å²) < 4.78 is 47.9. The van der Waals surface area contributed by atoms with E-state index in [-0.39, 0.29) is 23.6 Å². The molecule has 2 rings (SSSR count). The summed E-state index contributed by atoms with van der Waals surface area (Å²) in [6.07, 6.45) is 0.377. The van der Waals surface area contributed by atoms with Crippen molar-refractivity contribution in [3.8, 4) is 11.5 Å². The molecule has 0 bridgehead atoms. The van der Waals surface area contributed by atoms with Crippen LogP contribution in [0.5, 0.6) is 11.5 Å². The lowest BCUT2D eigenvalue weighted by Crippen LogP contribution is -2.26. The summed E-state index contributed by atoms with van der Waals surface area (Å²) in [4.78, 5) is 12.1. The van der Waals surface area contributed by atoms with Crippen LogP contribution in [0.25, 0.3) is 0 Å². The fraction of sp³-hybridized carbons (Fsp3) is 0.235. The van der Waals surface area contributed by atoms with Gasteiger partial charge in [-0.15, -0.1) is 0 Å². The number of hydrogen-bond acceptors (Lipinski definition) is 3. The fourth-order valence-corrected chi connectivity index (χ4v) is 2.58. The third kappa shape index (κ3) is 5.38. The molecule has 134 valence electrons. The summed E-state index contributed by atoms with van der Waals surface area (Å²) in [5.41, 5.74) is 0.853. The van der Waals surface area contributed by atoms with E-state index in [0.717, 1.165) is 6.07 Å². The van der Waals surface area contributed by atoms with E-state index in [9.17, 15) is 18.0 Å². The van der Waals surface area contributed by atoms with Crippen LogP contribution in [-0.2, 0) is 6.42 Å². The number of hydrogen-bond donors (Lipinski definition) is 1. The quantitative estimate of drug-likeness (QED) is 0.735. The van der Waals surface area contributed by atoms with Crippen LogP contribution in [0.15, 0.2) is 40.9 Å². The summed E-state index contributed by atoms with van der Waals surface area (Å²) in [5, 5.41) is 2.65. The number of carbonyl (C=O) groups excluding carboxylic acids is 1. The summed E-state index contributed by atoms with van der Waals surface area (Å²) in [5.74, 6) is -0.841. The number of benzene rings is 2. The maximum absolute atomic E-state index is 13.2. The molecule has 0 radical (unpaired) electrons. The van der Waals surface area contributed by atoms with Crippen LogP contribution in [0.1, 0.15) is 15.9 Å². The summed E-state index contributed by atoms with van der Waals surface area (Å²) in [6, 6.07) is 8.43. The highest BCUT2D eigenvalue weighted by Gasteiger charge is 2.13. The molecule has 0 atom stereocenters. The van der Waals surface area contributed by atoms with E-state index >= 15 is 0 Å². The molecular weight excluding hydrogens is 403 g/mol. The van der Waals surface area contributed by atoms with Crippen molar-refractivity contribution >= 4 is 21.8 Å². The minimum absolute atomic E-state index is 0.0748. The van der Waals surface area contributed by atoms with Crippen LogP contribution >= 0.6 is 15.9 Å². The van der Waals surface area contributed by atoms with E-state index in [0.29, 0.717) is 16.5 Å². The molecule has 0 saturated heterocycles. The van der Waals surface area contributed by atoms with Crippen LogP contribution in [0.4, 0.5) is 13.2 Å². The molecule has 0 unspecified atom stereocenters. The molecule has 2 aromatic rings. The molecule has 1 N–H and O–H groups in total. The summed E-state index contributed by atoms with van der Waals surface area (Å²) in [6.45, 7) is -2.73. The van der Waals surface area contributed by atoms with E-state index in [1.807, 2.05) is 0 Å². The first-order chi connectivity index (χ1) is 11.9. The molecule has 0 fully saturated rings. The fourth-order valence-electron chi connectivity index (χ4n) is 2.15. The van der Waals surface area contributed by atoms with Gasteiger partial charge in [0.25, 0.3) is 5.91 Å². The van der Waals surface area contributed by atoms with Gasteiger partial charge in [0, 0.05) is 11.0 Å². The van der Waals surface area contributed by atoms with Crippen molar-refractivity contribution in [3.63, 3.8) is 0 Å². The second-order valence-corrected chi connectivity index (χ2v) is 5.85. The number of rotatable bonds is 7. The maximum atomic E-state index is 13.2. The van der Waals surface area contributed by atoms with E-state index < -0.39 is 18.3 Å². The molecule has 2 aromatic carbocycles. The highest BCUT2D eigenvalue weighted by Crippen LogP contribution is 2.29. The molecule has 25 heavy (non-hydrogen) atoms. The van der Waals surface area contributed by atoms with E-state index in [2.05, 4.69) is 26.0 Å². The average Bonchev–Trinajstić information content (AvgIpc) is 2.56. The minimum atomic E-state index is -2.96. The number of methoxy groups -OCH3 is 1. The lowest BCUT2D eigenvalue weighted by Gasteiger charge is -2.12. The second kappa shape index (κ2) is 8.75. The van der Waals surface area contributed by atoms with Crippen LogP contribution < -0.4 is 14.8 Å². The van der Waals surface area contributed by atoms with Crippen LogP contribution in [0.2, 0.25) is 0 Å². The Labute approximate surface area is 151 Å². The first-order valence-corrected chi connectivity index (χ1v) is 8.05. The molecular formula is C17H15BrF3NO3. The number of carbonyl (C=O) groups is 1. The molecule has 1 amide bonds. The lowest BCUT2D eigenvalue weighted by atomic mass is 10.1. The van der Waals surface area contributed by atoms with Crippen molar-refractivity contribution in [1.29, 1.82) is 0 Å². The largest absolute Gasteiger partial charge is 0.493 e. The van der Waals surface area contributed by atoms with Gasteiger partial charge >= 0.3 is 6.61 Å². The van der Waals surface area contributed by atoms with Crippen LogP contribution in [0, 0.1) is 5.82 Å². The molecule has 0 aliphatic rings. The Morgan fingerprint density at radius 2 is 1.96 bits per heavy atom. The predicted octanol–water partition coefficient (Wildman–Crippen LogP) is 4.17. The Bertz CT molecular complexity index is 756.